The molecule has 1 aromatic rings. The van der Waals surface area contributed by atoms with Crippen LogP contribution in [0.15, 0.2) is 10.9 Å². The molecule has 0 radical (unpaired) electrons. The van der Waals surface area contributed by atoms with Gasteiger partial charge in [0, 0.05) is 24.9 Å². The summed E-state index contributed by atoms with van der Waals surface area (Å²) in [5, 5.41) is 2.01. The molecule has 1 aromatic heterocycles. The number of rotatable bonds is 11. The fourth-order valence-corrected chi connectivity index (χ4v) is 2.80. The molecule has 0 aliphatic rings. The molecule has 0 saturated heterocycles. The van der Waals surface area contributed by atoms with E-state index in [4.69, 9.17) is 0 Å². The van der Waals surface area contributed by atoms with Crippen LogP contribution in [-0.4, -0.2) is 34.7 Å². The van der Waals surface area contributed by atoms with Crippen LogP contribution in [0.25, 0.3) is 0 Å². The van der Waals surface area contributed by atoms with Gasteiger partial charge in [0.15, 0.2) is 0 Å². The normalized spacial score (nSPS) is 10.6. The van der Waals surface area contributed by atoms with E-state index in [0.29, 0.717) is 6.54 Å². The highest BCUT2D eigenvalue weighted by Crippen LogP contribution is 2.08. The van der Waals surface area contributed by atoms with Crippen molar-refractivity contribution in [3.05, 3.63) is 16.6 Å². The largest absolute Gasteiger partial charge is 0.342 e. The zero-order valence-corrected chi connectivity index (χ0v) is 14.0. The van der Waals surface area contributed by atoms with Gasteiger partial charge in [0.2, 0.25) is 5.91 Å². The monoisotopic (exact) mass is 310 g/mol. The first kappa shape index (κ1) is 17.8. The van der Waals surface area contributed by atoms with Gasteiger partial charge in [-0.05, 0) is 13.3 Å². The third-order valence-electron chi connectivity index (χ3n) is 3.41. The Balaban J connectivity index is 2.40. The summed E-state index contributed by atoms with van der Waals surface area (Å²) in [6, 6.07) is 0. The van der Waals surface area contributed by atoms with E-state index in [1.54, 1.807) is 11.3 Å². The molecule has 0 saturated carbocycles. The molecule has 0 aliphatic heterocycles. The minimum atomic E-state index is -0.0651. The highest BCUT2D eigenvalue weighted by atomic mass is 32.1. The smallest absolute Gasteiger partial charge is 0.230 e. The number of unbranched alkanes of at least 4 members (excludes halogenated alkanes) is 4. The summed E-state index contributed by atoms with van der Waals surface area (Å²) in [5.74, 6) is -0.113. The molecule has 4 nitrogen and oxygen atoms in total. The van der Waals surface area contributed by atoms with Crippen LogP contribution in [0.1, 0.15) is 58.1 Å². The molecule has 0 unspecified atom stereocenters. The zero-order chi connectivity index (χ0) is 15.5. The third-order valence-corrected chi connectivity index (χ3v) is 4.04. The predicted octanol–water partition coefficient (Wildman–Crippen LogP) is 3.46. The van der Waals surface area contributed by atoms with E-state index in [0.717, 1.165) is 31.5 Å². The minimum absolute atomic E-state index is 0.0199. The second-order valence-electron chi connectivity index (χ2n) is 5.40. The van der Waals surface area contributed by atoms with Gasteiger partial charge in [-0.1, -0.05) is 32.6 Å². The molecular formula is C16H26N2O2S. The van der Waals surface area contributed by atoms with E-state index in [9.17, 15) is 9.59 Å². The average Bonchev–Trinajstić information content (AvgIpc) is 2.94. The van der Waals surface area contributed by atoms with Crippen molar-refractivity contribution in [3.8, 4) is 0 Å². The van der Waals surface area contributed by atoms with Crippen LogP contribution in [-0.2, 0) is 16.0 Å². The van der Waals surface area contributed by atoms with Crippen molar-refractivity contribution in [2.24, 2.45) is 0 Å². The molecule has 21 heavy (non-hydrogen) atoms. The number of amides is 1. The van der Waals surface area contributed by atoms with E-state index < -0.39 is 0 Å². The number of nitrogens with zero attached hydrogens (tertiary/aromatic N) is 2. The molecule has 0 aromatic carbocycles. The van der Waals surface area contributed by atoms with E-state index in [1.165, 1.54) is 26.2 Å². The standard InChI is InChI=1S/C16H26N2O2S/c1-3-4-5-6-7-9-18(16(20)11-14(2)19)10-8-15-12-21-13-17-15/h12-13H,3-11H2,1-2H3. The Morgan fingerprint density at radius 2 is 1.95 bits per heavy atom. The average molecular weight is 310 g/mol. The van der Waals surface area contributed by atoms with Crippen molar-refractivity contribution in [3.63, 3.8) is 0 Å². The summed E-state index contributed by atoms with van der Waals surface area (Å²) >= 11 is 1.57. The van der Waals surface area contributed by atoms with Gasteiger partial charge in [-0.25, -0.2) is 4.98 Å². The number of Topliss-reactive ketones (excluding diaryl/α,β-unsaturated/α-hetero) is 1. The van der Waals surface area contributed by atoms with Gasteiger partial charge in [0.25, 0.3) is 0 Å². The predicted molar refractivity (Wildman–Crippen MR) is 86.5 cm³/mol. The van der Waals surface area contributed by atoms with Crippen LogP contribution in [0, 0.1) is 0 Å². The maximum absolute atomic E-state index is 12.1. The molecular weight excluding hydrogens is 284 g/mol. The van der Waals surface area contributed by atoms with Crippen molar-refractivity contribution in [2.75, 3.05) is 13.1 Å². The van der Waals surface area contributed by atoms with Gasteiger partial charge in [0.05, 0.1) is 17.6 Å². The first-order chi connectivity index (χ1) is 10.1. The lowest BCUT2D eigenvalue weighted by Crippen LogP contribution is -2.34. The van der Waals surface area contributed by atoms with Crippen LogP contribution in [0.4, 0.5) is 0 Å². The van der Waals surface area contributed by atoms with E-state index in [2.05, 4.69) is 11.9 Å². The SMILES string of the molecule is CCCCCCCN(CCc1cscn1)C(=O)CC(C)=O. The molecule has 0 aliphatic carbocycles. The van der Waals surface area contributed by atoms with Gasteiger partial charge >= 0.3 is 0 Å². The summed E-state index contributed by atoms with van der Waals surface area (Å²) in [5.41, 5.74) is 2.83. The highest BCUT2D eigenvalue weighted by Gasteiger charge is 2.15. The number of ketones is 1. The second kappa shape index (κ2) is 10.5. The number of aromatic nitrogens is 1. The van der Waals surface area contributed by atoms with Crippen LogP contribution in [0.5, 0.6) is 0 Å². The molecule has 1 amide bonds. The zero-order valence-electron chi connectivity index (χ0n) is 13.1. The Morgan fingerprint density at radius 1 is 1.19 bits per heavy atom. The molecule has 0 fully saturated rings. The number of hydrogen-bond acceptors (Lipinski definition) is 4. The van der Waals surface area contributed by atoms with Crippen molar-refractivity contribution in [1.82, 2.24) is 9.88 Å². The van der Waals surface area contributed by atoms with Gasteiger partial charge < -0.3 is 4.90 Å². The Kier molecular flexibility index (Phi) is 8.90. The molecule has 0 atom stereocenters. The molecule has 0 N–H and O–H groups in total. The lowest BCUT2D eigenvalue weighted by molar-refractivity contribution is -0.134. The molecule has 0 spiro atoms. The number of carbonyl (C=O) groups is 2. The lowest BCUT2D eigenvalue weighted by atomic mass is 10.1. The number of thiazole rings is 1. The van der Waals surface area contributed by atoms with Gasteiger partial charge in [-0.15, -0.1) is 11.3 Å². The summed E-state index contributed by atoms with van der Waals surface area (Å²) in [4.78, 5) is 29.3. The number of carbonyl (C=O) groups excluding carboxylic acids is 2. The Hall–Kier alpha value is -1.23. The highest BCUT2D eigenvalue weighted by molar-refractivity contribution is 7.07. The first-order valence-electron chi connectivity index (χ1n) is 7.77. The minimum Gasteiger partial charge on any atom is -0.342 e. The summed E-state index contributed by atoms with van der Waals surface area (Å²) in [6.07, 6.45) is 6.64. The van der Waals surface area contributed by atoms with Crippen LogP contribution in [0.3, 0.4) is 0 Å². The van der Waals surface area contributed by atoms with E-state index in [-0.39, 0.29) is 18.1 Å². The van der Waals surface area contributed by atoms with Crippen molar-refractivity contribution in [2.45, 2.75) is 58.8 Å². The lowest BCUT2D eigenvalue weighted by Gasteiger charge is -2.22. The van der Waals surface area contributed by atoms with Crippen molar-refractivity contribution < 1.29 is 9.59 Å². The van der Waals surface area contributed by atoms with E-state index in [1.807, 2.05) is 15.8 Å². The topological polar surface area (TPSA) is 50.3 Å². The molecule has 1 rings (SSSR count). The Morgan fingerprint density at radius 3 is 2.57 bits per heavy atom. The quantitative estimate of drug-likeness (QED) is 0.464. The second-order valence-corrected chi connectivity index (χ2v) is 6.12. The van der Waals surface area contributed by atoms with Crippen LogP contribution in [0.2, 0.25) is 0 Å². The van der Waals surface area contributed by atoms with Crippen LogP contribution >= 0.6 is 11.3 Å². The molecule has 118 valence electrons. The Bertz CT molecular complexity index is 418. The fourth-order valence-electron chi connectivity index (χ4n) is 2.20. The summed E-state index contributed by atoms with van der Waals surface area (Å²) in [6.45, 7) is 5.07. The van der Waals surface area contributed by atoms with Crippen LogP contribution < -0.4 is 0 Å². The van der Waals surface area contributed by atoms with Gasteiger partial charge in [0.1, 0.15) is 5.78 Å². The van der Waals surface area contributed by atoms with Gasteiger partial charge in [-0.2, -0.15) is 0 Å². The first-order valence-corrected chi connectivity index (χ1v) is 8.72. The number of hydrogen-bond donors (Lipinski definition) is 0. The van der Waals surface area contributed by atoms with Gasteiger partial charge in [-0.3, -0.25) is 9.59 Å². The summed E-state index contributed by atoms with van der Waals surface area (Å²) < 4.78 is 0. The molecule has 0 bridgehead atoms. The van der Waals surface area contributed by atoms with E-state index >= 15 is 0 Å². The van der Waals surface area contributed by atoms with Crippen molar-refractivity contribution >= 4 is 23.0 Å². The Labute approximate surface area is 131 Å². The third kappa shape index (κ3) is 7.95. The summed E-state index contributed by atoms with van der Waals surface area (Å²) in [7, 11) is 0. The van der Waals surface area contributed by atoms with Crippen molar-refractivity contribution in [1.29, 1.82) is 0 Å². The molecule has 5 heteroatoms. The maximum Gasteiger partial charge on any atom is 0.230 e. The molecule has 1 heterocycles. The maximum atomic E-state index is 12.1. The fraction of sp³-hybridized carbons (Fsp3) is 0.688.